The van der Waals surface area contributed by atoms with Gasteiger partial charge in [0, 0.05) is 5.56 Å². The minimum atomic E-state index is 0.503. The lowest BCUT2D eigenvalue weighted by Crippen LogP contribution is -1.91. The van der Waals surface area contributed by atoms with Crippen molar-refractivity contribution in [2.24, 2.45) is 0 Å². The highest BCUT2D eigenvalue weighted by Gasteiger charge is 2.05. The summed E-state index contributed by atoms with van der Waals surface area (Å²) in [5, 5.41) is 2.54. The summed E-state index contributed by atoms with van der Waals surface area (Å²) >= 11 is 0. The van der Waals surface area contributed by atoms with Crippen LogP contribution in [0.1, 0.15) is 30.9 Å². The molecule has 2 aromatic rings. The molecule has 0 aliphatic heterocycles. The molecule has 0 radical (unpaired) electrons. The number of hydrogen-bond acceptors (Lipinski definition) is 0. The molecular formula is C15H14. The van der Waals surface area contributed by atoms with Gasteiger partial charge < -0.3 is 0 Å². The molecule has 0 spiro atoms. The van der Waals surface area contributed by atoms with E-state index in [4.69, 9.17) is 6.42 Å². The van der Waals surface area contributed by atoms with E-state index >= 15 is 0 Å². The highest BCUT2D eigenvalue weighted by atomic mass is 14.1. The molecule has 2 rings (SSSR count). The van der Waals surface area contributed by atoms with Crippen molar-refractivity contribution < 1.29 is 0 Å². The smallest absolute Gasteiger partial charge is 0.0251 e. The first-order valence-electron chi connectivity index (χ1n) is 5.21. The molecule has 74 valence electrons. The van der Waals surface area contributed by atoms with Crippen LogP contribution in [0.2, 0.25) is 0 Å². The number of hydrogen-bond donors (Lipinski definition) is 0. The van der Waals surface area contributed by atoms with E-state index in [1.807, 2.05) is 6.07 Å². The molecule has 0 aromatic heterocycles. The van der Waals surface area contributed by atoms with Crippen molar-refractivity contribution in [2.75, 3.05) is 0 Å². The van der Waals surface area contributed by atoms with Gasteiger partial charge in [-0.15, -0.1) is 6.42 Å². The summed E-state index contributed by atoms with van der Waals surface area (Å²) in [7, 11) is 0. The van der Waals surface area contributed by atoms with E-state index in [1.54, 1.807) is 0 Å². The van der Waals surface area contributed by atoms with E-state index in [2.05, 4.69) is 50.1 Å². The van der Waals surface area contributed by atoms with Gasteiger partial charge >= 0.3 is 0 Å². The third-order valence-corrected chi connectivity index (χ3v) is 2.68. The van der Waals surface area contributed by atoms with Gasteiger partial charge in [0.15, 0.2) is 0 Å². The lowest BCUT2D eigenvalue weighted by molar-refractivity contribution is 0.876. The summed E-state index contributed by atoms with van der Waals surface area (Å²) in [4.78, 5) is 0. The van der Waals surface area contributed by atoms with Gasteiger partial charge in [0.2, 0.25) is 0 Å². The standard InChI is InChI=1S/C15H14/c1-4-12-9-13-7-5-6-8-14(13)15(10-12)11(2)3/h1,5-11H,2-3H3. The zero-order chi connectivity index (χ0) is 10.8. The fourth-order valence-corrected chi connectivity index (χ4v) is 1.90. The molecule has 0 heteroatoms. The number of fused-ring (bicyclic) bond motifs is 1. The summed E-state index contributed by atoms with van der Waals surface area (Å²) in [6, 6.07) is 12.6. The van der Waals surface area contributed by atoms with Gasteiger partial charge in [-0.25, -0.2) is 0 Å². The van der Waals surface area contributed by atoms with Crippen LogP contribution in [0, 0.1) is 12.3 Å². The van der Waals surface area contributed by atoms with Gasteiger partial charge in [0.05, 0.1) is 0 Å². The fourth-order valence-electron chi connectivity index (χ4n) is 1.90. The molecule has 0 aliphatic carbocycles. The predicted octanol–water partition coefficient (Wildman–Crippen LogP) is 3.94. The van der Waals surface area contributed by atoms with Crippen LogP contribution in [0.15, 0.2) is 36.4 Å². The SMILES string of the molecule is C#Cc1cc(C(C)C)c2ccccc2c1. The summed E-state index contributed by atoms with van der Waals surface area (Å²) in [5.74, 6) is 3.22. The first kappa shape index (κ1) is 9.80. The lowest BCUT2D eigenvalue weighted by atomic mass is 9.94. The van der Waals surface area contributed by atoms with E-state index in [-0.39, 0.29) is 0 Å². The Kier molecular flexibility index (Phi) is 2.47. The third-order valence-electron chi connectivity index (χ3n) is 2.68. The van der Waals surface area contributed by atoms with Crippen molar-refractivity contribution in [2.45, 2.75) is 19.8 Å². The average molecular weight is 194 g/mol. The van der Waals surface area contributed by atoms with Crippen molar-refractivity contribution in [3.8, 4) is 12.3 Å². The van der Waals surface area contributed by atoms with Gasteiger partial charge in [0.1, 0.15) is 0 Å². The lowest BCUT2D eigenvalue weighted by Gasteiger charge is -2.10. The Morgan fingerprint density at radius 3 is 2.53 bits per heavy atom. The van der Waals surface area contributed by atoms with Crippen LogP contribution in [-0.4, -0.2) is 0 Å². The Bertz CT molecular complexity index is 527. The van der Waals surface area contributed by atoms with Gasteiger partial charge in [0.25, 0.3) is 0 Å². The third kappa shape index (κ3) is 1.74. The molecule has 0 saturated heterocycles. The van der Waals surface area contributed by atoms with Crippen LogP contribution in [0.3, 0.4) is 0 Å². The maximum atomic E-state index is 5.46. The summed E-state index contributed by atoms with van der Waals surface area (Å²) in [5.41, 5.74) is 2.30. The molecule has 0 unspecified atom stereocenters. The Balaban J connectivity index is 2.82. The zero-order valence-electron chi connectivity index (χ0n) is 9.12. The van der Waals surface area contributed by atoms with Crippen molar-refractivity contribution >= 4 is 10.8 Å². The summed E-state index contributed by atoms with van der Waals surface area (Å²) < 4.78 is 0. The van der Waals surface area contributed by atoms with Crippen LogP contribution in [-0.2, 0) is 0 Å². The summed E-state index contributed by atoms with van der Waals surface area (Å²) in [6.07, 6.45) is 5.46. The van der Waals surface area contributed by atoms with Crippen molar-refractivity contribution in [3.63, 3.8) is 0 Å². The maximum absolute atomic E-state index is 5.46. The normalized spacial score (nSPS) is 10.5. The molecule has 0 N–H and O–H groups in total. The molecule has 0 fully saturated rings. The first-order chi connectivity index (χ1) is 7.22. The second-order valence-electron chi connectivity index (χ2n) is 4.09. The molecule has 0 saturated carbocycles. The Morgan fingerprint density at radius 1 is 1.13 bits per heavy atom. The minimum Gasteiger partial charge on any atom is -0.115 e. The molecule has 2 aromatic carbocycles. The minimum absolute atomic E-state index is 0.503. The largest absolute Gasteiger partial charge is 0.115 e. The second kappa shape index (κ2) is 3.79. The maximum Gasteiger partial charge on any atom is 0.0251 e. The molecule has 0 heterocycles. The number of terminal acetylenes is 1. The molecule has 0 amide bonds. The van der Waals surface area contributed by atoms with Gasteiger partial charge in [-0.1, -0.05) is 44.0 Å². The monoisotopic (exact) mass is 194 g/mol. The highest BCUT2D eigenvalue weighted by molar-refractivity contribution is 5.87. The van der Waals surface area contributed by atoms with Gasteiger partial charge in [-0.3, -0.25) is 0 Å². The Labute approximate surface area is 90.9 Å². The summed E-state index contributed by atoms with van der Waals surface area (Å²) in [6.45, 7) is 4.39. The van der Waals surface area contributed by atoms with E-state index < -0.39 is 0 Å². The fraction of sp³-hybridized carbons (Fsp3) is 0.200. The molecule has 0 nitrogen and oxygen atoms in total. The molecular weight excluding hydrogens is 180 g/mol. The van der Waals surface area contributed by atoms with Crippen molar-refractivity contribution in [1.29, 1.82) is 0 Å². The van der Waals surface area contributed by atoms with Crippen LogP contribution >= 0.6 is 0 Å². The van der Waals surface area contributed by atoms with Crippen molar-refractivity contribution in [3.05, 3.63) is 47.5 Å². The Hall–Kier alpha value is -1.74. The van der Waals surface area contributed by atoms with E-state index in [0.29, 0.717) is 5.92 Å². The average Bonchev–Trinajstić information content (AvgIpc) is 2.27. The quantitative estimate of drug-likeness (QED) is 0.603. The predicted molar refractivity (Wildman–Crippen MR) is 66.0 cm³/mol. The van der Waals surface area contributed by atoms with Gasteiger partial charge in [-0.05, 0) is 34.4 Å². The van der Waals surface area contributed by atoms with E-state index in [9.17, 15) is 0 Å². The van der Waals surface area contributed by atoms with Crippen LogP contribution in [0.25, 0.3) is 10.8 Å². The molecule has 15 heavy (non-hydrogen) atoms. The van der Waals surface area contributed by atoms with Crippen molar-refractivity contribution in [1.82, 2.24) is 0 Å². The van der Waals surface area contributed by atoms with E-state index in [0.717, 1.165) is 5.56 Å². The highest BCUT2D eigenvalue weighted by Crippen LogP contribution is 2.26. The zero-order valence-corrected chi connectivity index (χ0v) is 9.12. The first-order valence-corrected chi connectivity index (χ1v) is 5.21. The van der Waals surface area contributed by atoms with Crippen LogP contribution in [0.5, 0.6) is 0 Å². The Morgan fingerprint density at radius 2 is 1.87 bits per heavy atom. The molecule has 0 aliphatic rings. The topological polar surface area (TPSA) is 0 Å². The number of rotatable bonds is 1. The van der Waals surface area contributed by atoms with Crippen LogP contribution < -0.4 is 0 Å². The van der Waals surface area contributed by atoms with E-state index in [1.165, 1.54) is 16.3 Å². The molecule has 0 atom stereocenters. The second-order valence-corrected chi connectivity index (χ2v) is 4.09. The molecule has 0 bridgehead atoms. The van der Waals surface area contributed by atoms with Crippen LogP contribution in [0.4, 0.5) is 0 Å². The van der Waals surface area contributed by atoms with Gasteiger partial charge in [-0.2, -0.15) is 0 Å². The number of benzene rings is 2.